The second kappa shape index (κ2) is 5.85. The molecule has 2 rings (SSSR count). The van der Waals surface area contributed by atoms with E-state index >= 15 is 0 Å². The van der Waals surface area contributed by atoms with Crippen LogP contribution in [0.25, 0.3) is 0 Å². The summed E-state index contributed by atoms with van der Waals surface area (Å²) in [7, 11) is 0. The molecule has 0 aliphatic heterocycles. The zero-order valence-corrected chi connectivity index (χ0v) is 10.8. The van der Waals surface area contributed by atoms with Crippen LogP contribution in [0.1, 0.15) is 49.4 Å². The minimum absolute atomic E-state index is 0.199. The topological polar surface area (TPSA) is 56.3 Å². The second-order valence-electron chi connectivity index (χ2n) is 4.74. The summed E-state index contributed by atoms with van der Waals surface area (Å²) in [6.07, 6.45) is 7.61. The number of anilines is 1. The van der Waals surface area contributed by atoms with Gasteiger partial charge in [0.1, 0.15) is 5.82 Å². The number of rotatable bonds is 4. The van der Waals surface area contributed by atoms with Crippen molar-refractivity contribution < 1.29 is 9.90 Å². The van der Waals surface area contributed by atoms with Gasteiger partial charge in [0.2, 0.25) is 0 Å². The maximum absolute atomic E-state index is 11.1. The molecular formula is C14H19N2O2-. The summed E-state index contributed by atoms with van der Waals surface area (Å²) in [5.41, 5.74) is 0.199. The van der Waals surface area contributed by atoms with E-state index in [0.717, 1.165) is 19.4 Å². The first-order chi connectivity index (χ1) is 8.74. The molecule has 1 aromatic heterocycles. The van der Waals surface area contributed by atoms with E-state index < -0.39 is 5.97 Å². The van der Waals surface area contributed by atoms with Crippen LogP contribution in [-0.4, -0.2) is 23.5 Å². The fourth-order valence-electron chi connectivity index (χ4n) is 2.76. The zero-order valence-electron chi connectivity index (χ0n) is 10.8. The summed E-state index contributed by atoms with van der Waals surface area (Å²) < 4.78 is 0. The molecule has 0 aromatic carbocycles. The van der Waals surface area contributed by atoms with Crippen LogP contribution in [0.2, 0.25) is 0 Å². The Hall–Kier alpha value is -1.58. The number of carbonyl (C=O) groups is 1. The van der Waals surface area contributed by atoms with Gasteiger partial charge in [-0.2, -0.15) is 0 Å². The predicted molar refractivity (Wildman–Crippen MR) is 68.5 cm³/mol. The maximum atomic E-state index is 11.1. The smallest absolute Gasteiger partial charge is 0.137 e. The van der Waals surface area contributed by atoms with Crippen molar-refractivity contribution in [2.45, 2.75) is 45.1 Å². The first kappa shape index (κ1) is 12.9. The molecule has 0 radical (unpaired) electrons. The molecule has 98 valence electrons. The van der Waals surface area contributed by atoms with Crippen molar-refractivity contribution in [1.29, 1.82) is 0 Å². The van der Waals surface area contributed by atoms with Crippen molar-refractivity contribution in [3.8, 4) is 0 Å². The third-order valence-corrected chi connectivity index (χ3v) is 3.63. The van der Waals surface area contributed by atoms with Gasteiger partial charge in [0.15, 0.2) is 0 Å². The quantitative estimate of drug-likeness (QED) is 0.811. The number of aromatic nitrogens is 1. The highest BCUT2D eigenvalue weighted by atomic mass is 16.4. The molecule has 1 saturated carbocycles. The van der Waals surface area contributed by atoms with Crippen LogP contribution < -0.4 is 10.0 Å². The van der Waals surface area contributed by atoms with Gasteiger partial charge in [0.05, 0.1) is 5.97 Å². The van der Waals surface area contributed by atoms with Gasteiger partial charge in [-0.15, -0.1) is 0 Å². The number of carboxylic acids is 1. The molecule has 0 atom stereocenters. The minimum Gasteiger partial charge on any atom is -0.545 e. The average molecular weight is 247 g/mol. The fraction of sp³-hybridized carbons (Fsp3) is 0.571. The lowest BCUT2D eigenvalue weighted by atomic mass is 9.94. The highest BCUT2D eigenvalue weighted by Crippen LogP contribution is 2.27. The van der Waals surface area contributed by atoms with E-state index in [1.54, 1.807) is 18.3 Å². The molecule has 0 amide bonds. The predicted octanol–water partition coefficient (Wildman–Crippen LogP) is 1.60. The van der Waals surface area contributed by atoms with E-state index in [-0.39, 0.29) is 5.56 Å². The van der Waals surface area contributed by atoms with Gasteiger partial charge in [-0.3, -0.25) is 0 Å². The molecule has 1 heterocycles. The summed E-state index contributed by atoms with van der Waals surface area (Å²) in [5.74, 6) is -0.584. The van der Waals surface area contributed by atoms with Crippen molar-refractivity contribution in [1.82, 2.24) is 4.98 Å². The lowest BCUT2D eigenvalue weighted by Gasteiger charge is -2.35. The Morgan fingerprint density at radius 3 is 2.78 bits per heavy atom. The van der Waals surface area contributed by atoms with Crippen LogP contribution in [0.15, 0.2) is 18.3 Å². The molecule has 1 aromatic rings. The summed E-state index contributed by atoms with van der Waals surface area (Å²) in [4.78, 5) is 17.5. The Bertz CT molecular complexity index is 414. The van der Waals surface area contributed by atoms with E-state index in [2.05, 4.69) is 9.88 Å². The van der Waals surface area contributed by atoms with Crippen LogP contribution in [0.3, 0.4) is 0 Å². The molecular weight excluding hydrogens is 228 g/mol. The molecule has 4 nitrogen and oxygen atoms in total. The lowest BCUT2D eigenvalue weighted by Crippen LogP contribution is -2.39. The molecule has 4 heteroatoms. The van der Waals surface area contributed by atoms with Crippen LogP contribution in [0.4, 0.5) is 5.82 Å². The van der Waals surface area contributed by atoms with Crippen LogP contribution >= 0.6 is 0 Å². The van der Waals surface area contributed by atoms with Crippen molar-refractivity contribution in [3.05, 3.63) is 23.9 Å². The standard InChI is InChI=1S/C14H20N2O2/c1-2-16(11-7-4-3-5-8-11)13-12(14(17)18)9-6-10-15-13/h6,9-11H,2-5,7-8H2,1H3,(H,17,18)/p-1. The van der Waals surface area contributed by atoms with Crippen LogP contribution in [0.5, 0.6) is 0 Å². The normalized spacial score (nSPS) is 16.5. The Balaban J connectivity index is 2.28. The minimum atomic E-state index is -1.15. The third-order valence-electron chi connectivity index (χ3n) is 3.63. The first-order valence-corrected chi connectivity index (χ1v) is 6.67. The first-order valence-electron chi connectivity index (χ1n) is 6.67. The summed E-state index contributed by atoms with van der Waals surface area (Å²) >= 11 is 0. The van der Waals surface area contributed by atoms with Crippen LogP contribution in [0, 0.1) is 0 Å². The molecule has 1 aliphatic carbocycles. The van der Waals surface area contributed by atoms with E-state index in [1.165, 1.54) is 19.3 Å². The molecule has 0 saturated heterocycles. The number of hydrogen-bond acceptors (Lipinski definition) is 4. The zero-order chi connectivity index (χ0) is 13.0. The van der Waals surface area contributed by atoms with Crippen molar-refractivity contribution in [3.63, 3.8) is 0 Å². The Morgan fingerprint density at radius 2 is 2.17 bits per heavy atom. The molecule has 0 unspecified atom stereocenters. The molecule has 18 heavy (non-hydrogen) atoms. The molecule has 0 N–H and O–H groups in total. The van der Waals surface area contributed by atoms with E-state index in [4.69, 9.17) is 0 Å². The second-order valence-corrected chi connectivity index (χ2v) is 4.74. The number of carbonyl (C=O) groups excluding carboxylic acids is 1. The lowest BCUT2D eigenvalue weighted by molar-refractivity contribution is -0.255. The van der Waals surface area contributed by atoms with Crippen molar-refractivity contribution in [2.75, 3.05) is 11.4 Å². The number of pyridine rings is 1. The molecule has 0 spiro atoms. The van der Waals surface area contributed by atoms with E-state index in [0.29, 0.717) is 11.9 Å². The van der Waals surface area contributed by atoms with E-state index in [9.17, 15) is 9.90 Å². The molecule has 1 fully saturated rings. The van der Waals surface area contributed by atoms with E-state index in [1.807, 2.05) is 6.92 Å². The van der Waals surface area contributed by atoms with Gasteiger partial charge in [0.25, 0.3) is 0 Å². The number of aromatic carboxylic acids is 1. The van der Waals surface area contributed by atoms with Gasteiger partial charge in [-0.05, 0) is 31.9 Å². The summed E-state index contributed by atoms with van der Waals surface area (Å²) in [6.45, 7) is 2.82. The third kappa shape index (κ3) is 2.63. The highest BCUT2D eigenvalue weighted by Gasteiger charge is 2.22. The largest absolute Gasteiger partial charge is 0.545 e. The Morgan fingerprint density at radius 1 is 1.44 bits per heavy atom. The van der Waals surface area contributed by atoms with Crippen molar-refractivity contribution in [2.24, 2.45) is 0 Å². The Kier molecular flexibility index (Phi) is 4.18. The fourth-order valence-corrected chi connectivity index (χ4v) is 2.76. The highest BCUT2D eigenvalue weighted by molar-refractivity contribution is 5.91. The number of carboxylic acid groups (broad SMARTS) is 1. The van der Waals surface area contributed by atoms with Gasteiger partial charge >= 0.3 is 0 Å². The van der Waals surface area contributed by atoms with Gasteiger partial charge < -0.3 is 14.8 Å². The molecule has 0 bridgehead atoms. The van der Waals surface area contributed by atoms with Gasteiger partial charge in [-0.1, -0.05) is 19.3 Å². The average Bonchev–Trinajstić information content (AvgIpc) is 2.41. The van der Waals surface area contributed by atoms with Gasteiger partial charge in [-0.25, -0.2) is 4.98 Å². The van der Waals surface area contributed by atoms with Crippen LogP contribution in [-0.2, 0) is 0 Å². The van der Waals surface area contributed by atoms with Crippen molar-refractivity contribution >= 4 is 11.8 Å². The number of nitrogens with zero attached hydrogens (tertiary/aromatic N) is 2. The number of hydrogen-bond donors (Lipinski definition) is 0. The maximum Gasteiger partial charge on any atom is 0.137 e. The Labute approximate surface area is 108 Å². The SMILES string of the molecule is CCN(c1ncccc1C(=O)[O-])C1CCCCC1. The molecule has 1 aliphatic rings. The monoisotopic (exact) mass is 247 g/mol. The summed E-state index contributed by atoms with van der Waals surface area (Å²) in [5, 5.41) is 11.1. The summed E-state index contributed by atoms with van der Waals surface area (Å²) in [6, 6.07) is 3.63. The van der Waals surface area contributed by atoms with Gasteiger partial charge in [0, 0.05) is 24.3 Å².